The van der Waals surface area contributed by atoms with Gasteiger partial charge in [-0.05, 0) is 67.0 Å². The molecule has 0 spiro atoms. The van der Waals surface area contributed by atoms with Gasteiger partial charge in [-0.3, -0.25) is 14.9 Å². The third-order valence-electron chi connectivity index (χ3n) is 5.17. The maximum atomic E-state index is 11.4. The van der Waals surface area contributed by atoms with Crippen LogP contribution in [0, 0.1) is 16.0 Å². The highest BCUT2D eigenvalue weighted by molar-refractivity contribution is 5.69. The Morgan fingerprint density at radius 2 is 2.11 bits per heavy atom. The highest BCUT2D eigenvalue weighted by Crippen LogP contribution is 2.38. The van der Waals surface area contributed by atoms with Crippen LogP contribution in [0.2, 0.25) is 0 Å². The van der Waals surface area contributed by atoms with Crippen molar-refractivity contribution in [3.05, 3.63) is 57.6 Å². The molecule has 7 nitrogen and oxygen atoms in total. The normalized spacial score (nSPS) is 15.4. The average molecular weight is 384 g/mol. The van der Waals surface area contributed by atoms with E-state index in [0.717, 1.165) is 25.7 Å². The van der Waals surface area contributed by atoms with Crippen molar-refractivity contribution in [2.45, 2.75) is 32.1 Å². The fourth-order valence-electron chi connectivity index (χ4n) is 3.66. The topological polar surface area (TPSA) is 90.7 Å². The van der Waals surface area contributed by atoms with Gasteiger partial charge in [0.25, 0.3) is 0 Å². The third-order valence-corrected chi connectivity index (χ3v) is 5.17. The first-order chi connectivity index (χ1) is 13.5. The maximum Gasteiger partial charge on any atom is 0.334 e. The van der Waals surface area contributed by atoms with Gasteiger partial charge in [0, 0.05) is 13.5 Å². The van der Waals surface area contributed by atoms with Crippen molar-refractivity contribution < 1.29 is 19.2 Å². The van der Waals surface area contributed by atoms with E-state index in [-0.39, 0.29) is 17.4 Å². The lowest BCUT2D eigenvalue weighted by molar-refractivity contribution is -0.384. The monoisotopic (exact) mass is 384 g/mol. The van der Waals surface area contributed by atoms with Crippen LogP contribution in [0.5, 0.6) is 11.5 Å². The summed E-state index contributed by atoms with van der Waals surface area (Å²) in [6, 6.07) is 10.8. The van der Waals surface area contributed by atoms with Crippen LogP contribution in [0.1, 0.15) is 30.4 Å². The summed E-state index contributed by atoms with van der Waals surface area (Å²) in [6.45, 7) is 0. The number of ether oxygens (including phenoxy) is 2. The Morgan fingerprint density at radius 3 is 2.82 bits per heavy atom. The molecule has 0 aromatic heterocycles. The molecule has 1 atom stereocenters. The van der Waals surface area contributed by atoms with E-state index in [2.05, 4.69) is 5.32 Å². The number of esters is 1. The minimum absolute atomic E-state index is 0.0782. The summed E-state index contributed by atoms with van der Waals surface area (Å²) >= 11 is 0. The molecule has 0 saturated carbocycles. The fourth-order valence-corrected chi connectivity index (χ4v) is 3.66. The zero-order valence-electron chi connectivity index (χ0n) is 16.1. The first kappa shape index (κ1) is 19.7. The second kappa shape index (κ2) is 8.73. The standard InChI is InChI=1S/C21H24N2O5/c1-22-18-4-3-5-19(21(18)23(25)26)28-17-10-9-15-12-14(6-8-16(15)13-17)7-11-20(24)27-2/h3-5,9-10,13-14,22H,6-8,11-12H2,1-2H3. The van der Waals surface area contributed by atoms with Gasteiger partial charge < -0.3 is 14.8 Å². The molecule has 2 aromatic rings. The Kier molecular flexibility index (Phi) is 6.13. The van der Waals surface area contributed by atoms with E-state index in [1.54, 1.807) is 25.2 Å². The number of anilines is 1. The number of nitrogens with zero attached hydrogens (tertiary/aromatic N) is 1. The van der Waals surface area contributed by atoms with E-state index in [1.807, 2.05) is 18.2 Å². The second-order valence-corrected chi connectivity index (χ2v) is 6.92. The fraction of sp³-hybridized carbons (Fsp3) is 0.381. The lowest BCUT2D eigenvalue weighted by atomic mass is 9.81. The van der Waals surface area contributed by atoms with E-state index in [4.69, 9.17) is 9.47 Å². The maximum absolute atomic E-state index is 11.4. The van der Waals surface area contributed by atoms with Crippen LogP contribution < -0.4 is 10.1 Å². The molecule has 0 aliphatic heterocycles. The SMILES string of the molecule is CNc1cccc(Oc2ccc3c(c2)CCC(CCC(=O)OC)C3)c1[N+](=O)[O-]. The number of aryl methyl sites for hydroxylation is 1. The summed E-state index contributed by atoms with van der Waals surface area (Å²) in [5.41, 5.74) is 2.77. The Bertz CT molecular complexity index is 881. The first-order valence-electron chi connectivity index (χ1n) is 9.33. The van der Waals surface area contributed by atoms with Crippen molar-refractivity contribution >= 4 is 17.3 Å². The molecule has 2 aromatic carbocycles. The highest BCUT2D eigenvalue weighted by Gasteiger charge is 2.23. The van der Waals surface area contributed by atoms with Gasteiger partial charge in [-0.2, -0.15) is 0 Å². The molecule has 1 aliphatic rings. The number of hydrogen-bond acceptors (Lipinski definition) is 6. The van der Waals surface area contributed by atoms with Gasteiger partial charge in [0.15, 0.2) is 0 Å². The van der Waals surface area contributed by atoms with Crippen molar-refractivity contribution in [3.8, 4) is 11.5 Å². The molecule has 1 aliphatic carbocycles. The van der Waals surface area contributed by atoms with Gasteiger partial charge in [0.2, 0.25) is 5.75 Å². The van der Waals surface area contributed by atoms with Gasteiger partial charge in [-0.25, -0.2) is 0 Å². The third kappa shape index (κ3) is 4.42. The molecule has 7 heteroatoms. The number of benzene rings is 2. The van der Waals surface area contributed by atoms with Gasteiger partial charge in [-0.1, -0.05) is 12.1 Å². The number of methoxy groups -OCH3 is 1. The average Bonchev–Trinajstić information content (AvgIpc) is 2.71. The number of nitro groups is 1. The van der Waals surface area contributed by atoms with Crippen LogP contribution in [-0.2, 0) is 22.4 Å². The Hall–Kier alpha value is -3.09. The molecule has 0 bridgehead atoms. The summed E-state index contributed by atoms with van der Waals surface area (Å²) in [4.78, 5) is 22.4. The van der Waals surface area contributed by atoms with E-state index < -0.39 is 4.92 Å². The van der Waals surface area contributed by atoms with E-state index >= 15 is 0 Å². The number of hydrogen-bond donors (Lipinski definition) is 1. The van der Waals surface area contributed by atoms with Crippen LogP contribution in [0.3, 0.4) is 0 Å². The summed E-state index contributed by atoms with van der Waals surface area (Å²) in [5, 5.41) is 14.3. The molecule has 0 amide bonds. The van der Waals surface area contributed by atoms with Gasteiger partial charge in [0.1, 0.15) is 11.4 Å². The van der Waals surface area contributed by atoms with Crippen molar-refractivity contribution in [2.75, 3.05) is 19.5 Å². The number of para-hydroxylation sites is 1. The van der Waals surface area contributed by atoms with Gasteiger partial charge in [0.05, 0.1) is 12.0 Å². The molecule has 0 saturated heterocycles. The van der Waals surface area contributed by atoms with Crippen molar-refractivity contribution in [1.29, 1.82) is 0 Å². The van der Waals surface area contributed by atoms with E-state index in [9.17, 15) is 14.9 Å². The van der Waals surface area contributed by atoms with Crippen molar-refractivity contribution in [3.63, 3.8) is 0 Å². The molecular formula is C21H24N2O5. The van der Waals surface area contributed by atoms with Gasteiger partial charge in [-0.15, -0.1) is 0 Å². The molecule has 28 heavy (non-hydrogen) atoms. The largest absolute Gasteiger partial charge is 0.469 e. The highest BCUT2D eigenvalue weighted by atomic mass is 16.6. The molecule has 0 heterocycles. The predicted octanol–water partition coefficient (Wildman–Crippen LogP) is 4.49. The Balaban J connectivity index is 1.74. The Labute approximate surface area is 163 Å². The molecule has 0 radical (unpaired) electrons. The predicted molar refractivity (Wildman–Crippen MR) is 106 cm³/mol. The second-order valence-electron chi connectivity index (χ2n) is 6.92. The van der Waals surface area contributed by atoms with Crippen LogP contribution in [-0.4, -0.2) is 25.1 Å². The molecule has 148 valence electrons. The van der Waals surface area contributed by atoms with Crippen molar-refractivity contribution in [2.24, 2.45) is 5.92 Å². The summed E-state index contributed by atoms with van der Waals surface area (Å²) in [7, 11) is 3.05. The lowest BCUT2D eigenvalue weighted by Gasteiger charge is -2.24. The number of carbonyl (C=O) groups is 1. The minimum atomic E-state index is -0.439. The number of carbonyl (C=O) groups excluding carboxylic acids is 1. The van der Waals surface area contributed by atoms with Crippen molar-refractivity contribution in [1.82, 2.24) is 0 Å². The molecule has 0 fully saturated rings. The van der Waals surface area contributed by atoms with E-state index in [0.29, 0.717) is 23.8 Å². The number of rotatable bonds is 7. The van der Waals surface area contributed by atoms with Gasteiger partial charge >= 0.3 is 11.7 Å². The first-order valence-corrected chi connectivity index (χ1v) is 9.33. The molecule has 1 N–H and O–H groups in total. The number of fused-ring (bicyclic) bond motifs is 1. The molecule has 3 rings (SSSR count). The molecule has 1 unspecified atom stereocenters. The summed E-state index contributed by atoms with van der Waals surface area (Å²) < 4.78 is 10.6. The number of nitrogens with one attached hydrogen (secondary N) is 1. The zero-order valence-corrected chi connectivity index (χ0v) is 16.1. The molecular weight excluding hydrogens is 360 g/mol. The summed E-state index contributed by atoms with van der Waals surface area (Å²) in [5.74, 6) is 1.10. The van der Waals surface area contributed by atoms with Crippen LogP contribution >= 0.6 is 0 Å². The van der Waals surface area contributed by atoms with E-state index in [1.165, 1.54) is 18.2 Å². The van der Waals surface area contributed by atoms with Crippen LogP contribution in [0.25, 0.3) is 0 Å². The minimum Gasteiger partial charge on any atom is -0.469 e. The number of nitro benzene ring substituents is 1. The van der Waals surface area contributed by atoms with Crippen LogP contribution in [0.15, 0.2) is 36.4 Å². The zero-order chi connectivity index (χ0) is 20.1. The summed E-state index contributed by atoms with van der Waals surface area (Å²) in [6.07, 6.45) is 4.10. The smallest absolute Gasteiger partial charge is 0.334 e. The quantitative estimate of drug-likeness (QED) is 0.430. The van der Waals surface area contributed by atoms with Crippen LogP contribution in [0.4, 0.5) is 11.4 Å². The Morgan fingerprint density at radius 1 is 1.29 bits per heavy atom. The lowest BCUT2D eigenvalue weighted by Crippen LogP contribution is -2.16.